The molecule has 2 nitrogen and oxygen atoms in total. The van der Waals surface area contributed by atoms with Gasteiger partial charge >= 0.3 is 0 Å². The van der Waals surface area contributed by atoms with Crippen LogP contribution in [0.2, 0.25) is 0 Å². The van der Waals surface area contributed by atoms with Crippen LogP contribution in [0.1, 0.15) is 40.0 Å². The minimum atomic E-state index is 0.0318. The number of carbonyl (C=O) groups is 1. The van der Waals surface area contributed by atoms with Gasteiger partial charge in [-0.3, -0.25) is 4.79 Å². The van der Waals surface area contributed by atoms with Crippen LogP contribution in [-0.4, -0.2) is 12.9 Å². The van der Waals surface area contributed by atoms with E-state index in [0.717, 1.165) is 18.8 Å². The molecule has 1 fully saturated rings. The maximum atomic E-state index is 11.8. The Kier molecular flexibility index (Phi) is 3.15. The molecule has 0 aliphatic heterocycles. The Balaban J connectivity index is 2.26. The van der Waals surface area contributed by atoms with Crippen molar-refractivity contribution in [1.82, 2.24) is 0 Å². The summed E-state index contributed by atoms with van der Waals surface area (Å²) in [6.45, 7) is 6.77. The second kappa shape index (κ2) is 4.32. The molecule has 0 unspecified atom stereocenters. The van der Waals surface area contributed by atoms with Gasteiger partial charge in [0.25, 0.3) is 0 Å². The van der Waals surface area contributed by atoms with Crippen molar-refractivity contribution in [3.63, 3.8) is 0 Å². The van der Waals surface area contributed by atoms with Gasteiger partial charge in [-0.2, -0.15) is 0 Å². The minimum absolute atomic E-state index is 0.0318. The fourth-order valence-electron chi connectivity index (χ4n) is 2.97. The predicted molar refractivity (Wildman–Crippen MR) is 68.5 cm³/mol. The number of methoxy groups -OCH3 is 1. The number of ether oxygens (including phenoxy) is 1. The third-order valence-corrected chi connectivity index (χ3v) is 4.41. The van der Waals surface area contributed by atoms with Gasteiger partial charge in [0.15, 0.2) is 5.76 Å². The van der Waals surface area contributed by atoms with Crippen LogP contribution in [-0.2, 0) is 9.53 Å². The molecule has 2 aliphatic rings. The summed E-state index contributed by atoms with van der Waals surface area (Å²) in [5, 5.41) is 0. The van der Waals surface area contributed by atoms with Gasteiger partial charge in [0.05, 0.1) is 7.11 Å². The molecule has 17 heavy (non-hydrogen) atoms. The highest BCUT2D eigenvalue weighted by Crippen LogP contribution is 2.48. The van der Waals surface area contributed by atoms with Crippen LogP contribution in [0.5, 0.6) is 0 Å². The molecule has 2 rings (SSSR count). The van der Waals surface area contributed by atoms with Crippen molar-refractivity contribution in [2.75, 3.05) is 7.11 Å². The third kappa shape index (κ3) is 2.18. The lowest BCUT2D eigenvalue weighted by molar-refractivity contribution is -0.114. The molecule has 0 radical (unpaired) electrons. The highest BCUT2D eigenvalue weighted by atomic mass is 16.5. The summed E-state index contributed by atoms with van der Waals surface area (Å²) < 4.78 is 5.16. The number of allylic oxidation sites excluding steroid dienone is 3. The SMILES string of the molecule is COC1=C[C@]2(C)CC[C@@H](C(C)C)CC2=CC1=O. The van der Waals surface area contributed by atoms with Crippen LogP contribution in [0.3, 0.4) is 0 Å². The van der Waals surface area contributed by atoms with Gasteiger partial charge in [0.2, 0.25) is 5.78 Å². The van der Waals surface area contributed by atoms with E-state index in [0.29, 0.717) is 11.7 Å². The van der Waals surface area contributed by atoms with E-state index in [-0.39, 0.29) is 11.2 Å². The fraction of sp³-hybridized carbons (Fsp3) is 0.667. The highest BCUT2D eigenvalue weighted by molar-refractivity contribution is 6.04. The van der Waals surface area contributed by atoms with E-state index in [1.54, 1.807) is 7.11 Å². The molecule has 0 N–H and O–H groups in total. The van der Waals surface area contributed by atoms with Crippen LogP contribution in [0.4, 0.5) is 0 Å². The fourth-order valence-corrected chi connectivity index (χ4v) is 2.97. The van der Waals surface area contributed by atoms with Gasteiger partial charge in [-0.1, -0.05) is 26.3 Å². The van der Waals surface area contributed by atoms with Gasteiger partial charge in [-0.05, 0) is 43.3 Å². The number of hydrogen-bond acceptors (Lipinski definition) is 2. The maximum Gasteiger partial charge on any atom is 0.220 e. The molecular formula is C15H22O2. The lowest BCUT2D eigenvalue weighted by atomic mass is 9.64. The Labute approximate surface area is 104 Å². The second-order valence-electron chi connectivity index (χ2n) is 5.91. The lowest BCUT2D eigenvalue weighted by Crippen LogP contribution is -2.31. The van der Waals surface area contributed by atoms with Crippen molar-refractivity contribution in [2.45, 2.75) is 40.0 Å². The summed E-state index contributed by atoms with van der Waals surface area (Å²) >= 11 is 0. The van der Waals surface area contributed by atoms with Crippen LogP contribution in [0.25, 0.3) is 0 Å². The molecule has 0 aromatic heterocycles. The molecule has 2 atom stereocenters. The Morgan fingerprint density at radius 3 is 2.76 bits per heavy atom. The maximum absolute atomic E-state index is 11.8. The normalized spacial score (nSPS) is 33.0. The van der Waals surface area contributed by atoms with Crippen molar-refractivity contribution < 1.29 is 9.53 Å². The number of fused-ring (bicyclic) bond motifs is 1. The number of ketones is 1. The molecule has 0 aromatic carbocycles. The van der Waals surface area contributed by atoms with E-state index >= 15 is 0 Å². The van der Waals surface area contributed by atoms with Crippen molar-refractivity contribution in [3.05, 3.63) is 23.5 Å². The molecule has 0 aromatic rings. The first-order valence-electron chi connectivity index (χ1n) is 6.48. The molecule has 0 bridgehead atoms. The van der Waals surface area contributed by atoms with Crippen LogP contribution >= 0.6 is 0 Å². The van der Waals surface area contributed by atoms with Crippen molar-refractivity contribution in [2.24, 2.45) is 17.3 Å². The Hall–Kier alpha value is -1.05. The van der Waals surface area contributed by atoms with E-state index in [9.17, 15) is 4.79 Å². The Morgan fingerprint density at radius 1 is 1.47 bits per heavy atom. The zero-order chi connectivity index (χ0) is 12.6. The van der Waals surface area contributed by atoms with Gasteiger partial charge < -0.3 is 4.74 Å². The quantitative estimate of drug-likeness (QED) is 0.731. The van der Waals surface area contributed by atoms with E-state index in [1.165, 1.54) is 12.0 Å². The smallest absolute Gasteiger partial charge is 0.220 e. The molecule has 94 valence electrons. The summed E-state index contributed by atoms with van der Waals surface area (Å²) in [6, 6.07) is 0. The highest BCUT2D eigenvalue weighted by Gasteiger charge is 2.38. The topological polar surface area (TPSA) is 26.3 Å². The average molecular weight is 234 g/mol. The summed E-state index contributed by atoms with van der Waals surface area (Å²) in [5.41, 5.74) is 1.35. The van der Waals surface area contributed by atoms with E-state index in [1.807, 2.05) is 12.2 Å². The van der Waals surface area contributed by atoms with E-state index < -0.39 is 0 Å². The van der Waals surface area contributed by atoms with Gasteiger partial charge in [-0.25, -0.2) is 0 Å². The predicted octanol–water partition coefficient (Wildman–Crippen LogP) is 3.49. The monoisotopic (exact) mass is 234 g/mol. The first-order valence-corrected chi connectivity index (χ1v) is 6.48. The minimum Gasteiger partial charge on any atom is -0.493 e. The Bertz CT molecular complexity index is 390. The van der Waals surface area contributed by atoms with Gasteiger partial charge in [-0.15, -0.1) is 0 Å². The zero-order valence-corrected chi connectivity index (χ0v) is 11.2. The Morgan fingerprint density at radius 2 is 2.18 bits per heavy atom. The van der Waals surface area contributed by atoms with Crippen LogP contribution in [0.15, 0.2) is 23.5 Å². The van der Waals surface area contributed by atoms with Crippen LogP contribution < -0.4 is 0 Å². The summed E-state index contributed by atoms with van der Waals surface area (Å²) in [5.74, 6) is 1.96. The molecule has 2 heteroatoms. The molecule has 0 heterocycles. The summed E-state index contributed by atoms with van der Waals surface area (Å²) in [6.07, 6.45) is 7.27. The van der Waals surface area contributed by atoms with Crippen molar-refractivity contribution in [3.8, 4) is 0 Å². The molecular weight excluding hydrogens is 212 g/mol. The number of hydrogen-bond donors (Lipinski definition) is 0. The molecule has 2 aliphatic carbocycles. The van der Waals surface area contributed by atoms with Crippen molar-refractivity contribution in [1.29, 1.82) is 0 Å². The molecule has 1 saturated carbocycles. The first kappa shape index (κ1) is 12.4. The van der Waals surface area contributed by atoms with Gasteiger partial charge in [0.1, 0.15) is 0 Å². The van der Waals surface area contributed by atoms with Crippen molar-refractivity contribution >= 4 is 5.78 Å². The molecule has 0 saturated heterocycles. The number of rotatable bonds is 2. The number of carbonyl (C=O) groups excluding carboxylic acids is 1. The van der Waals surface area contributed by atoms with E-state index in [4.69, 9.17) is 4.74 Å². The molecule has 0 amide bonds. The standard InChI is InChI=1S/C15H22O2/c1-10(2)11-5-6-15(3)9-14(17-4)13(16)8-12(15)7-11/h8-11H,5-7H2,1-4H3/t11-,15+/m1/s1. The van der Waals surface area contributed by atoms with Crippen LogP contribution in [0, 0.1) is 17.3 Å². The summed E-state index contributed by atoms with van der Waals surface area (Å²) in [7, 11) is 1.58. The average Bonchev–Trinajstić information content (AvgIpc) is 2.28. The third-order valence-electron chi connectivity index (χ3n) is 4.41. The summed E-state index contributed by atoms with van der Waals surface area (Å²) in [4.78, 5) is 11.8. The van der Waals surface area contributed by atoms with Gasteiger partial charge in [0, 0.05) is 5.41 Å². The second-order valence-corrected chi connectivity index (χ2v) is 5.91. The van der Waals surface area contributed by atoms with E-state index in [2.05, 4.69) is 20.8 Å². The zero-order valence-electron chi connectivity index (χ0n) is 11.2. The largest absolute Gasteiger partial charge is 0.493 e. The molecule has 0 spiro atoms. The lowest BCUT2D eigenvalue weighted by Gasteiger charge is -2.41. The first-order chi connectivity index (χ1) is 7.96.